The molecule has 0 aromatic carbocycles. The number of ether oxygens (including phenoxy) is 1. The molecule has 1 N–H and O–H groups in total. The van der Waals surface area contributed by atoms with E-state index in [1.807, 2.05) is 12.1 Å². The highest BCUT2D eigenvalue weighted by molar-refractivity contribution is 6.29. The van der Waals surface area contributed by atoms with Gasteiger partial charge in [-0.25, -0.2) is 4.98 Å². The zero-order chi connectivity index (χ0) is 9.80. The summed E-state index contributed by atoms with van der Waals surface area (Å²) in [4.78, 5) is 3.95. The van der Waals surface area contributed by atoms with E-state index in [1.165, 1.54) is 0 Å². The second kappa shape index (κ2) is 4.73. The van der Waals surface area contributed by atoms with Gasteiger partial charge in [0.05, 0.1) is 12.6 Å². The van der Waals surface area contributed by atoms with Gasteiger partial charge in [0.15, 0.2) is 0 Å². The van der Waals surface area contributed by atoms with Crippen LogP contribution in [0.2, 0.25) is 5.15 Å². The summed E-state index contributed by atoms with van der Waals surface area (Å²) in [7, 11) is 0. The standard InChI is InChI=1S/C10H13ClN2O/c11-10-6-8(2-4-13-10)9-7-14-5-1-3-12-9/h2,4,6,9,12H,1,3,5,7H2. The topological polar surface area (TPSA) is 34.1 Å². The van der Waals surface area contributed by atoms with Crippen LogP contribution in [0, 0.1) is 0 Å². The minimum absolute atomic E-state index is 0.248. The van der Waals surface area contributed by atoms with Crippen molar-refractivity contribution in [2.45, 2.75) is 12.5 Å². The monoisotopic (exact) mass is 212 g/mol. The van der Waals surface area contributed by atoms with E-state index >= 15 is 0 Å². The van der Waals surface area contributed by atoms with E-state index in [0.29, 0.717) is 11.8 Å². The molecule has 1 unspecified atom stereocenters. The van der Waals surface area contributed by atoms with Gasteiger partial charge < -0.3 is 10.1 Å². The van der Waals surface area contributed by atoms with Gasteiger partial charge in [0.1, 0.15) is 5.15 Å². The molecule has 0 saturated carbocycles. The van der Waals surface area contributed by atoms with Crippen molar-refractivity contribution in [3.05, 3.63) is 29.0 Å². The van der Waals surface area contributed by atoms with Crippen molar-refractivity contribution in [2.24, 2.45) is 0 Å². The molecule has 0 spiro atoms. The van der Waals surface area contributed by atoms with E-state index in [-0.39, 0.29) is 6.04 Å². The highest BCUT2D eigenvalue weighted by Crippen LogP contribution is 2.17. The lowest BCUT2D eigenvalue weighted by molar-refractivity contribution is 0.131. The predicted octanol–water partition coefficient (Wildman–Crippen LogP) is 1.79. The molecule has 1 aliphatic heterocycles. The molecule has 1 atom stereocenters. The maximum atomic E-state index is 5.83. The molecule has 1 saturated heterocycles. The zero-order valence-electron chi connectivity index (χ0n) is 7.87. The van der Waals surface area contributed by atoms with Crippen molar-refractivity contribution in [1.29, 1.82) is 0 Å². The van der Waals surface area contributed by atoms with E-state index in [9.17, 15) is 0 Å². The molecule has 76 valence electrons. The second-order valence-corrected chi connectivity index (χ2v) is 3.73. The van der Waals surface area contributed by atoms with Gasteiger partial charge in [0.25, 0.3) is 0 Å². The molecule has 0 aliphatic carbocycles. The number of pyridine rings is 1. The van der Waals surface area contributed by atoms with Crippen LogP contribution in [0.4, 0.5) is 0 Å². The summed E-state index contributed by atoms with van der Waals surface area (Å²) in [5.74, 6) is 0. The number of hydrogen-bond acceptors (Lipinski definition) is 3. The Hall–Kier alpha value is -0.640. The summed E-state index contributed by atoms with van der Waals surface area (Å²) in [6.45, 7) is 2.53. The molecule has 2 rings (SSSR count). The van der Waals surface area contributed by atoms with Gasteiger partial charge in [-0.3, -0.25) is 0 Å². The fourth-order valence-electron chi connectivity index (χ4n) is 1.56. The summed E-state index contributed by atoms with van der Waals surface area (Å²) in [6.07, 6.45) is 2.79. The Morgan fingerprint density at radius 3 is 3.36 bits per heavy atom. The minimum Gasteiger partial charge on any atom is -0.379 e. The first-order chi connectivity index (χ1) is 6.86. The van der Waals surface area contributed by atoms with Crippen molar-refractivity contribution in [2.75, 3.05) is 19.8 Å². The molecule has 14 heavy (non-hydrogen) atoms. The average Bonchev–Trinajstić information content (AvgIpc) is 2.45. The second-order valence-electron chi connectivity index (χ2n) is 3.35. The lowest BCUT2D eigenvalue weighted by atomic mass is 10.1. The van der Waals surface area contributed by atoms with Gasteiger partial charge in [-0.05, 0) is 30.7 Å². The number of rotatable bonds is 1. The molecular formula is C10H13ClN2O. The Kier molecular flexibility index (Phi) is 3.35. The van der Waals surface area contributed by atoms with Crippen molar-refractivity contribution < 1.29 is 4.74 Å². The van der Waals surface area contributed by atoms with Crippen LogP contribution in [0.1, 0.15) is 18.0 Å². The summed E-state index contributed by atoms with van der Waals surface area (Å²) in [5.41, 5.74) is 1.15. The van der Waals surface area contributed by atoms with Gasteiger partial charge in [-0.15, -0.1) is 0 Å². The zero-order valence-corrected chi connectivity index (χ0v) is 8.63. The normalized spacial score (nSPS) is 23.1. The third-order valence-electron chi connectivity index (χ3n) is 2.29. The van der Waals surface area contributed by atoms with Gasteiger partial charge in [0, 0.05) is 12.8 Å². The molecule has 1 aliphatic rings. The quantitative estimate of drug-likeness (QED) is 0.721. The Morgan fingerprint density at radius 1 is 1.57 bits per heavy atom. The van der Waals surface area contributed by atoms with Crippen LogP contribution in [0.25, 0.3) is 0 Å². The van der Waals surface area contributed by atoms with Gasteiger partial charge in [0.2, 0.25) is 0 Å². The first-order valence-corrected chi connectivity index (χ1v) is 5.16. The fourth-order valence-corrected chi connectivity index (χ4v) is 1.74. The molecule has 2 heterocycles. The van der Waals surface area contributed by atoms with E-state index in [0.717, 1.165) is 25.1 Å². The molecular weight excluding hydrogens is 200 g/mol. The Bertz CT molecular complexity index is 298. The van der Waals surface area contributed by atoms with Gasteiger partial charge >= 0.3 is 0 Å². The third kappa shape index (κ3) is 2.44. The average molecular weight is 213 g/mol. The van der Waals surface area contributed by atoms with Crippen LogP contribution in [-0.2, 0) is 4.74 Å². The smallest absolute Gasteiger partial charge is 0.129 e. The summed E-state index contributed by atoms with van der Waals surface area (Å²) in [5, 5.41) is 3.95. The molecule has 1 aromatic rings. The van der Waals surface area contributed by atoms with Crippen molar-refractivity contribution >= 4 is 11.6 Å². The first-order valence-electron chi connectivity index (χ1n) is 4.79. The van der Waals surface area contributed by atoms with Crippen LogP contribution in [-0.4, -0.2) is 24.7 Å². The van der Waals surface area contributed by atoms with Crippen LogP contribution in [0.3, 0.4) is 0 Å². The van der Waals surface area contributed by atoms with Gasteiger partial charge in [-0.2, -0.15) is 0 Å². The van der Waals surface area contributed by atoms with E-state index in [1.54, 1.807) is 6.20 Å². The summed E-state index contributed by atoms with van der Waals surface area (Å²) < 4.78 is 5.48. The molecule has 0 amide bonds. The van der Waals surface area contributed by atoms with Crippen LogP contribution in [0.5, 0.6) is 0 Å². The van der Waals surface area contributed by atoms with Crippen molar-refractivity contribution in [1.82, 2.24) is 10.3 Å². The van der Waals surface area contributed by atoms with Crippen molar-refractivity contribution in [3.8, 4) is 0 Å². The highest BCUT2D eigenvalue weighted by atomic mass is 35.5. The molecule has 1 fully saturated rings. The van der Waals surface area contributed by atoms with Crippen LogP contribution < -0.4 is 5.32 Å². The SMILES string of the molecule is Clc1cc(C2COCCCN2)ccn1. The fraction of sp³-hybridized carbons (Fsp3) is 0.500. The summed E-state index contributed by atoms with van der Waals surface area (Å²) >= 11 is 5.83. The van der Waals surface area contributed by atoms with E-state index in [4.69, 9.17) is 16.3 Å². The van der Waals surface area contributed by atoms with Crippen LogP contribution in [0.15, 0.2) is 18.3 Å². The minimum atomic E-state index is 0.248. The van der Waals surface area contributed by atoms with Gasteiger partial charge in [-0.1, -0.05) is 11.6 Å². The lowest BCUT2D eigenvalue weighted by Gasteiger charge is -2.15. The Labute approximate surface area is 88.4 Å². The maximum Gasteiger partial charge on any atom is 0.129 e. The lowest BCUT2D eigenvalue weighted by Crippen LogP contribution is -2.23. The molecule has 4 heteroatoms. The van der Waals surface area contributed by atoms with Crippen molar-refractivity contribution in [3.63, 3.8) is 0 Å². The molecule has 0 bridgehead atoms. The highest BCUT2D eigenvalue weighted by Gasteiger charge is 2.13. The predicted molar refractivity (Wildman–Crippen MR) is 55.4 cm³/mol. The van der Waals surface area contributed by atoms with Crippen LogP contribution >= 0.6 is 11.6 Å². The summed E-state index contributed by atoms with van der Waals surface area (Å²) in [6, 6.07) is 4.10. The Balaban J connectivity index is 2.12. The van der Waals surface area contributed by atoms with E-state index in [2.05, 4.69) is 10.3 Å². The third-order valence-corrected chi connectivity index (χ3v) is 2.50. The van der Waals surface area contributed by atoms with E-state index < -0.39 is 0 Å². The molecule has 0 radical (unpaired) electrons. The number of aromatic nitrogens is 1. The number of nitrogens with one attached hydrogen (secondary N) is 1. The Morgan fingerprint density at radius 2 is 2.50 bits per heavy atom. The number of hydrogen-bond donors (Lipinski definition) is 1. The number of halogens is 1. The largest absolute Gasteiger partial charge is 0.379 e. The maximum absolute atomic E-state index is 5.83. The first kappa shape index (κ1) is 9.90. The molecule has 3 nitrogen and oxygen atoms in total. The number of nitrogens with zero attached hydrogens (tertiary/aromatic N) is 1. The molecule has 1 aromatic heterocycles.